The third kappa shape index (κ3) is 3.05. The number of rotatable bonds is 5. The lowest BCUT2D eigenvalue weighted by Gasteiger charge is -2.21. The lowest BCUT2D eigenvalue weighted by atomic mass is 10.0. The van der Waals surface area contributed by atoms with Gasteiger partial charge in [-0.25, -0.2) is 0 Å². The molecule has 2 aliphatic carbocycles. The highest BCUT2D eigenvalue weighted by Crippen LogP contribution is 2.38. The van der Waals surface area contributed by atoms with E-state index < -0.39 is 5.54 Å². The third-order valence-corrected chi connectivity index (χ3v) is 5.07. The van der Waals surface area contributed by atoms with Crippen LogP contribution in [-0.4, -0.2) is 32.0 Å². The first-order valence-corrected chi connectivity index (χ1v) is 8.39. The van der Waals surface area contributed by atoms with Gasteiger partial charge in [0, 0.05) is 6.04 Å². The number of nitriles is 1. The molecule has 1 aromatic rings. The average Bonchev–Trinajstić information content (AvgIpc) is 3.08. The molecule has 6 nitrogen and oxygen atoms in total. The highest BCUT2D eigenvalue weighted by atomic mass is 32.2. The van der Waals surface area contributed by atoms with Gasteiger partial charge >= 0.3 is 0 Å². The molecule has 0 aliphatic heterocycles. The van der Waals surface area contributed by atoms with Crippen molar-refractivity contribution in [2.75, 3.05) is 5.75 Å². The summed E-state index contributed by atoms with van der Waals surface area (Å²) in [7, 11) is 0. The first-order valence-electron chi connectivity index (χ1n) is 7.40. The summed E-state index contributed by atoms with van der Waals surface area (Å²) in [5.74, 6) is 1.10. The van der Waals surface area contributed by atoms with Crippen LogP contribution in [-0.2, 0) is 4.79 Å². The number of hydrogen-bond acceptors (Lipinski definition) is 5. The van der Waals surface area contributed by atoms with Crippen LogP contribution in [0.25, 0.3) is 0 Å². The van der Waals surface area contributed by atoms with Crippen LogP contribution in [0.5, 0.6) is 0 Å². The van der Waals surface area contributed by atoms with E-state index in [1.807, 2.05) is 6.92 Å². The van der Waals surface area contributed by atoms with Crippen molar-refractivity contribution in [3.05, 3.63) is 5.82 Å². The number of nitrogens with zero attached hydrogens (tertiary/aromatic N) is 4. The summed E-state index contributed by atoms with van der Waals surface area (Å²) in [6.07, 6.45) is 5.87. The van der Waals surface area contributed by atoms with Gasteiger partial charge in [0.1, 0.15) is 11.4 Å². The van der Waals surface area contributed by atoms with Gasteiger partial charge in [-0.2, -0.15) is 5.26 Å². The molecule has 3 rings (SSSR count). The van der Waals surface area contributed by atoms with Gasteiger partial charge in [0.05, 0.1) is 11.8 Å². The SMILES string of the molecule is Cc1nnc(SCC(=O)NC2(C#N)CCCC2)n1C1CC1. The van der Waals surface area contributed by atoms with E-state index in [0.29, 0.717) is 6.04 Å². The molecular weight excluding hydrogens is 286 g/mol. The molecule has 0 bridgehead atoms. The van der Waals surface area contributed by atoms with E-state index in [2.05, 4.69) is 26.2 Å². The van der Waals surface area contributed by atoms with Gasteiger partial charge in [0.25, 0.3) is 0 Å². The molecule has 0 unspecified atom stereocenters. The molecule has 2 fully saturated rings. The lowest BCUT2D eigenvalue weighted by molar-refractivity contribution is -0.119. The van der Waals surface area contributed by atoms with E-state index in [0.717, 1.165) is 49.5 Å². The van der Waals surface area contributed by atoms with Crippen molar-refractivity contribution < 1.29 is 4.79 Å². The minimum Gasteiger partial charge on any atom is -0.337 e. The van der Waals surface area contributed by atoms with Crippen molar-refractivity contribution >= 4 is 17.7 Å². The highest BCUT2D eigenvalue weighted by Gasteiger charge is 2.35. The summed E-state index contributed by atoms with van der Waals surface area (Å²) in [6, 6.07) is 2.78. The molecule has 2 aliphatic rings. The summed E-state index contributed by atoms with van der Waals surface area (Å²) < 4.78 is 2.12. The van der Waals surface area contributed by atoms with E-state index in [-0.39, 0.29) is 11.7 Å². The predicted molar refractivity (Wildman–Crippen MR) is 78.7 cm³/mol. The Morgan fingerprint density at radius 2 is 2.19 bits per heavy atom. The number of amides is 1. The maximum Gasteiger partial charge on any atom is 0.231 e. The van der Waals surface area contributed by atoms with E-state index in [1.165, 1.54) is 11.8 Å². The van der Waals surface area contributed by atoms with E-state index >= 15 is 0 Å². The summed E-state index contributed by atoms with van der Waals surface area (Å²) in [4.78, 5) is 12.1. The van der Waals surface area contributed by atoms with Crippen LogP contribution in [0.15, 0.2) is 5.16 Å². The molecule has 112 valence electrons. The highest BCUT2D eigenvalue weighted by molar-refractivity contribution is 7.99. The topological polar surface area (TPSA) is 83.6 Å². The summed E-state index contributed by atoms with van der Waals surface area (Å²) >= 11 is 1.40. The van der Waals surface area contributed by atoms with Gasteiger partial charge in [-0.15, -0.1) is 10.2 Å². The number of carbonyl (C=O) groups is 1. The maximum absolute atomic E-state index is 12.1. The fourth-order valence-electron chi connectivity index (χ4n) is 2.88. The Bertz CT molecular complexity index is 581. The Labute approximate surface area is 128 Å². The normalized spacial score (nSPS) is 20.2. The summed E-state index contributed by atoms with van der Waals surface area (Å²) in [6.45, 7) is 1.94. The molecule has 0 saturated heterocycles. The summed E-state index contributed by atoms with van der Waals surface area (Å²) in [5, 5.41) is 21.2. The smallest absolute Gasteiger partial charge is 0.231 e. The molecule has 0 radical (unpaired) electrons. The number of nitrogens with one attached hydrogen (secondary N) is 1. The van der Waals surface area contributed by atoms with E-state index in [1.54, 1.807) is 0 Å². The predicted octanol–water partition coefficient (Wildman–Crippen LogP) is 1.97. The van der Waals surface area contributed by atoms with Crippen LogP contribution in [0.3, 0.4) is 0 Å². The van der Waals surface area contributed by atoms with Crippen LogP contribution in [0.4, 0.5) is 0 Å². The zero-order valence-corrected chi connectivity index (χ0v) is 12.9. The molecule has 21 heavy (non-hydrogen) atoms. The van der Waals surface area contributed by atoms with E-state index in [4.69, 9.17) is 0 Å². The second-order valence-electron chi connectivity index (χ2n) is 5.87. The van der Waals surface area contributed by atoms with Crippen LogP contribution >= 0.6 is 11.8 Å². The zero-order valence-electron chi connectivity index (χ0n) is 12.1. The number of thioether (sulfide) groups is 1. The quantitative estimate of drug-likeness (QED) is 0.841. The second kappa shape index (κ2) is 5.68. The Kier molecular flexibility index (Phi) is 3.89. The lowest BCUT2D eigenvalue weighted by Crippen LogP contribution is -2.45. The molecule has 7 heteroatoms. The number of carbonyl (C=O) groups excluding carboxylic acids is 1. The Morgan fingerprint density at radius 1 is 1.48 bits per heavy atom. The third-order valence-electron chi connectivity index (χ3n) is 4.13. The number of aromatic nitrogens is 3. The molecular formula is C14H19N5OS. The monoisotopic (exact) mass is 305 g/mol. The van der Waals surface area contributed by atoms with E-state index in [9.17, 15) is 10.1 Å². The minimum absolute atomic E-state index is 0.0912. The van der Waals surface area contributed by atoms with Gasteiger partial charge < -0.3 is 9.88 Å². The molecule has 1 N–H and O–H groups in total. The van der Waals surface area contributed by atoms with Crippen molar-refractivity contribution in [3.8, 4) is 6.07 Å². The fraction of sp³-hybridized carbons (Fsp3) is 0.714. The first-order chi connectivity index (χ1) is 10.1. The summed E-state index contributed by atoms with van der Waals surface area (Å²) in [5.41, 5.74) is -0.641. The van der Waals surface area contributed by atoms with Crippen LogP contribution in [0.1, 0.15) is 50.4 Å². The molecule has 1 amide bonds. The Hall–Kier alpha value is -1.55. The molecule has 2 saturated carbocycles. The maximum atomic E-state index is 12.1. The minimum atomic E-state index is -0.641. The Balaban J connectivity index is 1.58. The van der Waals surface area contributed by atoms with Crippen molar-refractivity contribution in [2.45, 2.75) is 62.2 Å². The van der Waals surface area contributed by atoms with Gasteiger partial charge in [-0.05, 0) is 45.4 Å². The van der Waals surface area contributed by atoms with Crippen LogP contribution < -0.4 is 5.32 Å². The Morgan fingerprint density at radius 3 is 2.81 bits per heavy atom. The average molecular weight is 305 g/mol. The largest absolute Gasteiger partial charge is 0.337 e. The zero-order chi connectivity index (χ0) is 14.9. The van der Waals surface area contributed by atoms with Gasteiger partial charge in [-0.1, -0.05) is 11.8 Å². The van der Waals surface area contributed by atoms with Gasteiger partial charge in [0.2, 0.25) is 5.91 Å². The van der Waals surface area contributed by atoms with Gasteiger partial charge in [-0.3, -0.25) is 4.79 Å². The van der Waals surface area contributed by atoms with Crippen molar-refractivity contribution in [3.63, 3.8) is 0 Å². The molecule has 1 aromatic heterocycles. The van der Waals surface area contributed by atoms with Crippen molar-refractivity contribution in [1.29, 1.82) is 5.26 Å². The molecule has 0 spiro atoms. The first kappa shape index (κ1) is 14.4. The van der Waals surface area contributed by atoms with Crippen molar-refractivity contribution in [2.24, 2.45) is 0 Å². The van der Waals surface area contributed by atoms with Crippen LogP contribution in [0.2, 0.25) is 0 Å². The molecule has 0 atom stereocenters. The number of hydrogen-bond donors (Lipinski definition) is 1. The number of aryl methyl sites for hydroxylation is 1. The van der Waals surface area contributed by atoms with Gasteiger partial charge in [0.15, 0.2) is 5.16 Å². The van der Waals surface area contributed by atoms with Crippen LogP contribution in [0, 0.1) is 18.3 Å². The fourth-order valence-corrected chi connectivity index (χ4v) is 3.73. The second-order valence-corrected chi connectivity index (χ2v) is 6.81. The molecule has 1 heterocycles. The molecule has 0 aromatic carbocycles. The van der Waals surface area contributed by atoms with Crippen molar-refractivity contribution in [1.82, 2.24) is 20.1 Å². The standard InChI is InChI=1S/C14H19N5OS/c1-10-17-18-13(19(10)11-4-5-11)21-8-12(20)16-14(9-15)6-2-3-7-14/h11H,2-8H2,1H3,(H,16,20).